The molecule has 0 saturated carbocycles. The lowest BCUT2D eigenvalue weighted by molar-refractivity contribution is -0.111. The second kappa shape index (κ2) is 8.27. The summed E-state index contributed by atoms with van der Waals surface area (Å²) in [6.07, 6.45) is 6.85. The zero-order chi connectivity index (χ0) is 20.4. The number of carbonyl (C=O) groups excluding carboxylic acids is 2. The molecule has 29 heavy (non-hydrogen) atoms. The van der Waals surface area contributed by atoms with Gasteiger partial charge in [-0.25, -0.2) is 0 Å². The van der Waals surface area contributed by atoms with E-state index in [1.54, 1.807) is 24.3 Å². The van der Waals surface area contributed by atoms with Crippen molar-refractivity contribution in [1.82, 2.24) is 0 Å². The van der Waals surface area contributed by atoms with Crippen molar-refractivity contribution in [2.45, 2.75) is 25.7 Å². The number of nitrogens with one attached hydrogen (secondary N) is 1. The summed E-state index contributed by atoms with van der Waals surface area (Å²) in [5, 5.41) is 3.98. The van der Waals surface area contributed by atoms with E-state index in [4.69, 9.17) is 21.8 Å². The van der Waals surface area contributed by atoms with E-state index in [0.717, 1.165) is 41.7 Å². The normalized spacial score (nSPS) is 13.4. The van der Waals surface area contributed by atoms with Crippen LogP contribution < -0.4 is 11.1 Å². The van der Waals surface area contributed by atoms with E-state index < -0.39 is 5.91 Å². The molecule has 0 radical (unpaired) electrons. The Kier molecular flexibility index (Phi) is 5.56. The Bertz CT molecular complexity index is 1100. The summed E-state index contributed by atoms with van der Waals surface area (Å²) in [7, 11) is 0. The van der Waals surface area contributed by atoms with Crippen LogP contribution in [0.3, 0.4) is 0 Å². The zero-order valence-electron chi connectivity index (χ0n) is 15.5. The Morgan fingerprint density at radius 2 is 1.86 bits per heavy atom. The minimum atomic E-state index is -0.498. The molecule has 0 bridgehead atoms. The van der Waals surface area contributed by atoms with Gasteiger partial charge >= 0.3 is 0 Å². The third-order valence-electron chi connectivity index (χ3n) is 4.81. The Hall–Kier alpha value is -2.83. The second-order valence-corrected chi connectivity index (χ2v) is 8.35. The first-order valence-electron chi connectivity index (χ1n) is 9.30. The van der Waals surface area contributed by atoms with Crippen LogP contribution in [0.25, 0.3) is 17.4 Å². The monoisotopic (exact) mass is 426 g/mol. The van der Waals surface area contributed by atoms with Crippen molar-refractivity contribution in [3.8, 4) is 11.3 Å². The van der Waals surface area contributed by atoms with Gasteiger partial charge < -0.3 is 15.5 Å². The molecule has 2 heterocycles. The number of thiophene rings is 1. The quantitative estimate of drug-likeness (QED) is 0.543. The van der Waals surface area contributed by atoms with Gasteiger partial charge in [0.05, 0.1) is 5.56 Å². The Balaban J connectivity index is 1.48. The van der Waals surface area contributed by atoms with Crippen molar-refractivity contribution >= 4 is 45.8 Å². The number of rotatable bonds is 5. The molecule has 0 spiro atoms. The van der Waals surface area contributed by atoms with Gasteiger partial charge in [-0.2, -0.15) is 0 Å². The Morgan fingerprint density at radius 1 is 1.10 bits per heavy atom. The second-order valence-electron chi connectivity index (χ2n) is 6.81. The van der Waals surface area contributed by atoms with Crippen LogP contribution in [0.4, 0.5) is 5.00 Å². The van der Waals surface area contributed by atoms with Gasteiger partial charge in [-0.1, -0.05) is 11.6 Å². The molecule has 0 fully saturated rings. The highest BCUT2D eigenvalue weighted by Gasteiger charge is 2.24. The predicted octanol–water partition coefficient (Wildman–Crippen LogP) is 5.29. The summed E-state index contributed by atoms with van der Waals surface area (Å²) in [4.78, 5) is 25.4. The van der Waals surface area contributed by atoms with Crippen LogP contribution in [0.15, 0.2) is 46.9 Å². The number of anilines is 1. The fourth-order valence-corrected chi connectivity index (χ4v) is 4.86. The van der Waals surface area contributed by atoms with E-state index in [0.29, 0.717) is 27.1 Å². The molecule has 5 nitrogen and oxygen atoms in total. The minimum Gasteiger partial charge on any atom is -0.457 e. The average Bonchev–Trinajstić information content (AvgIpc) is 3.31. The number of amides is 2. The van der Waals surface area contributed by atoms with Gasteiger partial charge in [-0.15, -0.1) is 11.3 Å². The van der Waals surface area contributed by atoms with Crippen molar-refractivity contribution in [2.24, 2.45) is 5.73 Å². The van der Waals surface area contributed by atoms with Gasteiger partial charge in [-0.05, 0) is 73.7 Å². The smallest absolute Gasteiger partial charge is 0.251 e. The van der Waals surface area contributed by atoms with Gasteiger partial charge in [0, 0.05) is 21.5 Å². The number of aryl methyl sites for hydroxylation is 1. The van der Waals surface area contributed by atoms with E-state index in [9.17, 15) is 9.59 Å². The number of fused-ring (bicyclic) bond motifs is 1. The number of hydrogen-bond donors (Lipinski definition) is 2. The average molecular weight is 427 g/mol. The van der Waals surface area contributed by atoms with Crippen molar-refractivity contribution < 1.29 is 14.0 Å². The van der Waals surface area contributed by atoms with E-state index in [2.05, 4.69) is 5.32 Å². The molecule has 3 aromatic rings. The molecule has 0 unspecified atom stereocenters. The van der Waals surface area contributed by atoms with E-state index in [1.165, 1.54) is 17.4 Å². The van der Waals surface area contributed by atoms with Gasteiger partial charge in [0.1, 0.15) is 16.5 Å². The van der Waals surface area contributed by atoms with Gasteiger partial charge in [0.25, 0.3) is 5.91 Å². The Morgan fingerprint density at radius 3 is 2.62 bits per heavy atom. The van der Waals surface area contributed by atoms with Gasteiger partial charge in [0.2, 0.25) is 5.91 Å². The number of carbonyl (C=O) groups is 2. The number of primary amides is 1. The van der Waals surface area contributed by atoms with Crippen molar-refractivity contribution in [2.75, 3.05) is 5.32 Å². The van der Waals surface area contributed by atoms with E-state index in [1.807, 2.05) is 18.2 Å². The lowest BCUT2D eigenvalue weighted by Crippen LogP contribution is -2.17. The highest BCUT2D eigenvalue weighted by atomic mass is 35.5. The number of furan rings is 1. The molecule has 1 aliphatic rings. The predicted molar refractivity (Wildman–Crippen MR) is 116 cm³/mol. The largest absolute Gasteiger partial charge is 0.457 e. The SMILES string of the molecule is NC(=O)c1c(NC(=O)/C=C/c2ccc(-c3ccc(Cl)cc3)o2)sc2c1CCCC2. The lowest BCUT2D eigenvalue weighted by atomic mass is 9.95. The lowest BCUT2D eigenvalue weighted by Gasteiger charge is -2.11. The number of hydrogen-bond acceptors (Lipinski definition) is 4. The zero-order valence-corrected chi connectivity index (χ0v) is 17.1. The maximum Gasteiger partial charge on any atom is 0.251 e. The third kappa shape index (κ3) is 4.28. The highest BCUT2D eigenvalue weighted by Crippen LogP contribution is 2.37. The molecule has 2 aromatic heterocycles. The number of benzene rings is 1. The van der Waals surface area contributed by atoms with Crippen LogP contribution in [0.1, 0.15) is 39.4 Å². The fraction of sp³-hybridized carbons (Fsp3) is 0.182. The van der Waals surface area contributed by atoms with Crippen LogP contribution in [-0.4, -0.2) is 11.8 Å². The molecule has 7 heteroatoms. The fourth-order valence-electron chi connectivity index (χ4n) is 3.44. The molecule has 3 N–H and O–H groups in total. The maximum absolute atomic E-state index is 12.4. The van der Waals surface area contributed by atoms with Gasteiger partial charge in [-0.3, -0.25) is 9.59 Å². The number of nitrogens with two attached hydrogens (primary N) is 1. The van der Waals surface area contributed by atoms with E-state index in [-0.39, 0.29) is 5.91 Å². The Labute approximate surface area is 177 Å². The molecule has 1 aliphatic carbocycles. The third-order valence-corrected chi connectivity index (χ3v) is 6.27. The van der Waals surface area contributed by atoms with Crippen LogP contribution >= 0.6 is 22.9 Å². The standard InChI is InChI=1S/C22H19ClN2O3S/c23-14-7-5-13(6-8-14)17-11-9-15(28-17)10-12-19(26)25-22-20(21(24)27)16-3-1-2-4-18(16)29-22/h5-12H,1-4H2,(H2,24,27)(H,25,26)/b12-10+. The summed E-state index contributed by atoms with van der Waals surface area (Å²) in [5.41, 5.74) is 7.91. The molecule has 0 atom stereocenters. The molecule has 0 aliphatic heterocycles. The summed E-state index contributed by atoms with van der Waals surface area (Å²) in [6, 6.07) is 10.9. The van der Waals surface area contributed by atoms with Crippen LogP contribution in [0.2, 0.25) is 5.02 Å². The van der Waals surface area contributed by atoms with Crippen LogP contribution in [0, 0.1) is 0 Å². The van der Waals surface area contributed by atoms with E-state index >= 15 is 0 Å². The summed E-state index contributed by atoms with van der Waals surface area (Å²) in [6.45, 7) is 0. The maximum atomic E-state index is 12.4. The molecule has 4 rings (SSSR count). The first-order valence-corrected chi connectivity index (χ1v) is 10.5. The molecule has 2 amide bonds. The van der Waals surface area contributed by atoms with Crippen molar-refractivity contribution in [1.29, 1.82) is 0 Å². The number of halogens is 1. The van der Waals surface area contributed by atoms with Crippen LogP contribution in [-0.2, 0) is 17.6 Å². The summed E-state index contributed by atoms with van der Waals surface area (Å²) < 4.78 is 5.76. The molecule has 1 aromatic carbocycles. The molecular weight excluding hydrogens is 408 g/mol. The molecular formula is C22H19ClN2O3S. The van der Waals surface area contributed by atoms with Gasteiger partial charge in [0.15, 0.2) is 0 Å². The van der Waals surface area contributed by atoms with Crippen molar-refractivity contribution in [3.05, 3.63) is 69.3 Å². The highest BCUT2D eigenvalue weighted by molar-refractivity contribution is 7.17. The molecule has 148 valence electrons. The van der Waals surface area contributed by atoms with Crippen LogP contribution in [0.5, 0.6) is 0 Å². The summed E-state index contributed by atoms with van der Waals surface area (Å²) >= 11 is 7.35. The molecule has 0 saturated heterocycles. The topological polar surface area (TPSA) is 85.3 Å². The summed E-state index contributed by atoms with van der Waals surface area (Å²) in [5.74, 6) is 0.396. The first kappa shape index (κ1) is 19.5. The minimum absolute atomic E-state index is 0.337. The van der Waals surface area contributed by atoms with Crippen molar-refractivity contribution in [3.63, 3.8) is 0 Å². The first-order chi connectivity index (χ1) is 14.0.